The van der Waals surface area contributed by atoms with Crippen LogP contribution < -0.4 is 5.32 Å². The molecule has 0 bridgehead atoms. The van der Waals surface area contributed by atoms with E-state index in [1.165, 1.54) is 12.1 Å². The minimum Gasteiger partial charge on any atom is -0.478 e. The number of hydrogen-bond acceptors (Lipinski definition) is 4. The van der Waals surface area contributed by atoms with Crippen LogP contribution in [0.4, 0.5) is 4.39 Å². The molecule has 1 heterocycles. The van der Waals surface area contributed by atoms with Crippen LogP contribution in [0.3, 0.4) is 0 Å². The first-order chi connectivity index (χ1) is 10.7. The first-order valence-electron chi connectivity index (χ1n) is 7.73. The molecule has 1 fully saturated rings. The molecule has 2 rings (SSSR count). The van der Waals surface area contributed by atoms with Crippen molar-refractivity contribution in [2.75, 3.05) is 13.3 Å². The number of nitrogens with one attached hydrogen (secondary N) is 1. The van der Waals surface area contributed by atoms with Crippen LogP contribution in [0.5, 0.6) is 0 Å². The number of carbonyl (C=O) groups is 1. The summed E-state index contributed by atoms with van der Waals surface area (Å²) < 4.78 is 25.9. The highest BCUT2D eigenvalue weighted by Gasteiger charge is 2.45. The summed E-state index contributed by atoms with van der Waals surface area (Å²) in [6, 6.07) is 3.76. The third-order valence-electron chi connectivity index (χ3n) is 3.93. The summed E-state index contributed by atoms with van der Waals surface area (Å²) in [4.78, 5) is 11.3. The van der Waals surface area contributed by atoms with Crippen LogP contribution in [0, 0.1) is 5.82 Å². The fourth-order valence-electron chi connectivity index (χ4n) is 3.05. The van der Waals surface area contributed by atoms with Gasteiger partial charge in [0, 0.05) is 0 Å². The third-order valence-corrected chi connectivity index (χ3v) is 4.90. The average molecular weight is 341 g/mol. The molecule has 2 unspecified atom stereocenters. The zero-order chi connectivity index (χ0) is 17.3. The second-order valence-electron chi connectivity index (χ2n) is 6.76. The quantitative estimate of drug-likeness (QED) is 0.779. The van der Waals surface area contributed by atoms with Crippen molar-refractivity contribution in [1.82, 2.24) is 5.32 Å². The molecular formula is C16H24FNO4Si. The van der Waals surface area contributed by atoms with E-state index in [0.717, 1.165) is 6.07 Å². The van der Waals surface area contributed by atoms with Gasteiger partial charge in [-0.3, -0.25) is 5.32 Å². The molecule has 0 radical (unpaired) electrons. The molecule has 1 aromatic carbocycles. The standard InChI is InChI=1S/C16H24FNO4Si/c1-5-16(22-23(2,3)4,14-9-21-10-18-14)12-6-11(15(19)20)7-13(17)8-12/h6-8,14,18H,5,9-10H2,1-4H3,(H,19,20). The Kier molecular flexibility index (Phi) is 5.25. The van der Waals surface area contributed by atoms with Crippen molar-refractivity contribution >= 4 is 14.3 Å². The van der Waals surface area contributed by atoms with Gasteiger partial charge in [0.1, 0.15) is 5.82 Å². The number of ether oxygens (including phenoxy) is 1. The van der Waals surface area contributed by atoms with Crippen molar-refractivity contribution in [3.63, 3.8) is 0 Å². The maximum absolute atomic E-state index is 14.0. The van der Waals surface area contributed by atoms with Crippen LogP contribution in [0.1, 0.15) is 29.3 Å². The molecule has 1 aromatic rings. The molecule has 0 aliphatic carbocycles. The zero-order valence-electron chi connectivity index (χ0n) is 14.0. The molecule has 128 valence electrons. The topological polar surface area (TPSA) is 67.8 Å². The molecule has 0 aromatic heterocycles. The van der Waals surface area contributed by atoms with Gasteiger partial charge in [0.05, 0.1) is 30.5 Å². The molecule has 1 aliphatic rings. The predicted molar refractivity (Wildman–Crippen MR) is 87.5 cm³/mol. The fraction of sp³-hybridized carbons (Fsp3) is 0.562. The van der Waals surface area contributed by atoms with Gasteiger partial charge in [-0.2, -0.15) is 0 Å². The monoisotopic (exact) mass is 341 g/mol. The van der Waals surface area contributed by atoms with Gasteiger partial charge in [-0.05, 0) is 49.8 Å². The molecule has 2 N–H and O–H groups in total. The summed E-state index contributed by atoms with van der Waals surface area (Å²) >= 11 is 0. The SMILES string of the molecule is CCC(O[Si](C)(C)C)(c1cc(F)cc(C(=O)O)c1)C1COCN1. The van der Waals surface area contributed by atoms with Crippen LogP contribution in [0.25, 0.3) is 0 Å². The molecule has 23 heavy (non-hydrogen) atoms. The average Bonchev–Trinajstić information content (AvgIpc) is 2.97. The lowest BCUT2D eigenvalue weighted by Crippen LogP contribution is -2.53. The van der Waals surface area contributed by atoms with E-state index in [1.807, 2.05) is 6.92 Å². The maximum Gasteiger partial charge on any atom is 0.335 e. The largest absolute Gasteiger partial charge is 0.478 e. The van der Waals surface area contributed by atoms with Gasteiger partial charge in [0.25, 0.3) is 0 Å². The maximum atomic E-state index is 14.0. The Labute approximate surface area is 136 Å². The van der Waals surface area contributed by atoms with E-state index in [4.69, 9.17) is 9.16 Å². The number of carboxylic acid groups (broad SMARTS) is 1. The van der Waals surface area contributed by atoms with Crippen LogP contribution in [-0.2, 0) is 14.8 Å². The Bertz CT molecular complexity index is 584. The summed E-state index contributed by atoms with van der Waals surface area (Å²) in [5.41, 5.74) is -0.341. The second kappa shape index (κ2) is 6.68. The molecule has 2 atom stereocenters. The van der Waals surface area contributed by atoms with E-state index in [2.05, 4.69) is 25.0 Å². The Hall–Kier alpha value is -1.28. The van der Waals surface area contributed by atoms with E-state index in [1.54, 1.807) is 0 Å². The molecule has 0 amide bonds. The zero-order valence-corrected chi connectivity index (χ0v) is 15.0. The number of aromatic carboxylic acids is 1. The number of carboxylic acids is 1. The van der Waals surface area contributed by atoms with Gasteiger partial charge in [-0.15, -0.1) is 0 Å². The number of benzene rings is 1. The van der Waals surface area contributed by atoms with E-state index in [9.17, 15) is 14.3 Å². The Morgan fingerprint density at radius 3 is 2.65 bits per heavy atom. The molecule has 1 saturated heterocycles. The van der Waals surface area contributed by atoms with E-state index >= 15 is 0 Å². The van der Waals surface area contributed by atoms with Gasteiger partial charge >= 0.3 is 5.97 Å². The normalized spacial score (nSPS) is 21.2. The van der Waals surface area contributed by atoms with Crippen molar-refractivity contribution in [1.29, 1.82) is 0 Å². The first kappa shape index (κ1) is 18.1. The number of rotatable bonds is 6. The lowest BCUT2D eigenvalue weighted by atomic mass is 9.83. The summed E-state index contributed by atoms with van der Waals surface area (Å²) in [5.74, 6) is -1.73. The number of hydrogen-bond donors (Lipinski definition) is 2. The minimum absolute atomic E-state index is 0.0732. The second-order valence-corrected chi connectivity index (χ2v) is 11.2. The van der Waals surface area contributed by atoms with Crippen molar-refractivity contribution < 1.29 is 23.5 Å². The Morgan fingerprint density at radius 1 is 1.48 bits per heavy atom. The van der Waals surface area contributed by atoms with Gasteiger partial charge in [-0.25, -0.2) is 9.18 Å². The van der Waals surface area contributed by atoms with Crippen LogP contribution >= 0.6 is 0 Å². The fourth-order valence-corrected chi connectivity index (χ4v) is 4.55. The van der Waals surface area contributed by atoms with Gasteiger partial charge in [-0.1, -0.05) is 6.92 Å². The Balaban J connectivity index is 2.58. The number of halogens is 1. The summed E-state index contributed by atoms with van der Waals surface area (Å²) in [6.45, 7) is 8.99. The van der Waals surface area contributed by atoms with Crippen LogP contribution in [0.2, 0.25) is 19.6 Å². The van der Waals surface area contributed by atoms with Crippen molar-refractivity contribution in [3.8, 4) is 0 Å². The summed E-state index contributed by atoms with van der Waals surface area (Å²) in [5, 5.41) is 12.5. The molecule has 7 heteroatoms. The van der Waals surface area contributed by atoms with E-state index in [-0.39, 0.29) is 11.6 Å². The van der Waals surface area contributed by atoms with E-state index in [0.29, 0.717) is 25.3 Å². The molecule has 0 spiro atoms. The predicted octanol–water partition coefficient (Wildman–Crippen LogP) is 2.93. The highest BCUT2D eigenvalue weighted by molar-refractivity contribution is 6.69. The smallest absolute Gasteiger partial charge is 0.335 e. The lowest BCUT2D eigenvalue weighted by molar-refractivity contribution is 0.0141. The molecule has 0 saturated carbocycles. The van der Waals surface area contributed by atoms with Gasteiger partial charge in [0.15, 0.2) is 8.32 Å². The minimum atomic E-state index is -1.99. The molecular weight excluding hydrogens is 317 g/mol. The summed E-state index contributed by atoms with van der Waals surface area (Å²) in [7, 11) is -1.99. The molecule has 1 aliphatic heterocycles. The lowest BCUT2D eigenvalue weighted by Gasteiger charge is -2.43. The van der Waals surface area contributed by atoms with Crippen LogP contribution in [0.15, 0.2) is 18.2 Å². The van der Waals surface area contributed by atoms with Crippen LogP contribution in [-0.4, -0.2) is 38.8 Å². The third kappa shape index (κ3) is 3.98. The Morgan fingerprint density at radius 2 is 2.17 bits per heavy atom. The van der Waals surface area contributed by atoms with Crippen molar-refractivity contribution in [2.45, 2.75) is 44.6 Å². The van der Waals surface area contributed by atoms with Gasteiger partial charge < -0.3 is 14.3 Å². The van der Waals surface area contributed by atoms with Crippen molar-refractivity contribution in [3.05, 3.63) is 35.1 Å². The first-order valence-corrected chi connectivity index (χ1v) is 11.1. The van der Waals surface area contributed by atoms with Crippen molar-refractivity contribution in [2.24, 2.45) is 0 Å². The highest BCUT2D eigenvalue weighted by Crippen LogP contribution is 2.38. The summed E-state index contributed by atoms with van der Waals surface area (Å²) in [6.07, 6.45) is 0.584. The highest BCUT2D eigenvalue weighted by atomic mass is 28.4. The molecule has 5 nitrogen and oxygen atoms in total. The van der Waals surface area contributed by atoms with E-state index < -0.39 is 25.7 Å². The van der Waals surface area contributed by atoms with Gasteiger partial charge in [0.2, 0.25) is 0 Å².